The minimum Gasteiger partial charge on any atom is -0.389 e. The Labute approximate surface area is 74.5 Å². The van der Waals surface area contributed by atoms with Crippen LogP contribution in [-0.4, -0.2) is 11.2 Å². The van der Waals surface area contributed by atoms with Crippen LogP contribution in [0.4, 0.5) is 0 Å². The van der Waals surface area contributed by atoms with Crippen LogP contribution in [0.15, 0.2) is 11.6 Å². The Kier molecular flexibility index (Phi) is 6.41. The highest BCUT2D eigenvalue weighted by molar-refractivity contribution is 5.14. The van der Waals surface area contributed by atoms with Crippen LogP contribution in [0.2, 0.25) is 0 Å². The normalized spacial score (nSPS) is 14.0. The number of hydrogen-bond acceptors (Lipinski definition) is 2. The summed E-state index contributed by atoms with van der Waals surface area (Å²) >= 11 is 0. The molecule has 0 aliphatic carbocycles. The smallest absolute Gasteiger partial charge is 0.0912 e. The third-order valence-electron chi connectivity index (χ3n) is 1.90. The summed E-state index contributed by atoms with van der Waals surface area (Å²) in [5, 5.41) is 17.8. The van der Waals surface area contributed by atoms with Crippen LogP contribution in [-0.2, 0) is 0 Å². The van der Waals surface area contributed by atoms with Crippen molar-refractivity contribution in [2.75, 3.05) is 0 Å². The zero-order valence-corrected chi connectivity index (χ0v) is 7.88. The number of hydrogen-bond donors (Lipinski definition) is 1. The van der Waals surface area contributed by atoms with Crippen molar-refractivity contribution in [3.05, 3.63) is 11.6 Å². The molecule has 0 saturated heterocycles. The summed E-state index contributed by atoms with van der Waals surface area (Å²) in [7, 11) is 0. The van der Waals surface area contributed by atoms with Crippen LogP contribution in [0.3, 0.4) is 0 Å². The van der Waals surface area contributed by atoms with Gasteiger partial charge in [-0.1, -0.05) is 26.2 Å². The molecule has 0 fully saturated rings. The van der Waals surface area contributed by atoms with Crippen molar-refractivity contribution < 1.29 is 5.11 Å². The molecule has 12 heavy (non-hydrogen) atoms. The van der Waals surface area contributed by atoms with E-state index in [2.05, 4.69) is 6.92 Å². The molecule has 0 amide bonds. The second-order valence-corrected chi connectivity index (χ2v) is 3.03. The minimum absolute atomic E-state index is 0.420. The quantitative estimate of drug-likeness (QED) is 0.504. The maximum atomic E-state index is 9.46. The van der Waals surface area contributed by atoms with Crippen LogP contribution in [0.25, 0.3) is 0 Å². The molecular weight excluding hydrogens is 150 g/mol. The SMILES string of the molecule is CCCCCC(O)/C(C)=C\C#N. The molecule has 0 bridgehead atoms. The van der Waals surface area contributed by atoms with E-state index in [4.69, 9.17) is 5.26 Å². The lowest BCUT2D eigenvalue weighted by Crippen LogP contribution is -2.07. The van der Waals surface area contributed by atoms with Crippen molar-refractivity contribution in [2.45, 2.75) is 45.6 Å². The fourth-order valence-electron chi connectivity index (χ4n) is 1.01. The number of aliphatic hydroxyl groups is 1. The Morgan fingerprint density at radius 1 is 1.58 bits per heavy atom. The predicted octanol–water partition coefficient (Wildman–Crippen LogP) is 2.40. The average molecular weight is 167 g/mol. The van der Waals surface area contributed by atoms with Gasteiger partial charge in [0.15, 0.2) is 0 Å². The standard InChI is InChI=1S/C10H17NO/c1-3-4-5-6-10(12)9(2)7-8-11/h7,10,12H,3-6H2,1-2H3/b9-7-. The molecule has 0 aromatic heterocycles. The fourth-order valence-corrected chi connectivity index (χ4v) is 1.01. The van der Waals surface area contributed by atoms with E-state index in [-0.39, 0.29) is 0 Å². The number of nitriles is 1. The second-order valence-electron chi connectivity index (χ2n) is 3.03. The maximum absolute atomic E-state index is 9.46. The lowest BCUT2D eigenvalue weighted by molar-refractivity contribution is 0.196. The molecule has 1 unspecified atom stereocenters. The summed E-state index contributed by atoms with van der Waals surface area (Å²) in [5.74, 6) is 0. The largest absolute Gasteiger partial charge is 0.389 e. The van der Waals surface area contributed by atoms with Gasteiger partial charge in [0.2, 0.25) is 0 Å². The third-order valence-corrected chi connectivity index (χ3v) is 1.90. The van der Waals surface area contributed by atoms with Gasteiger partial charge in [-0.25, -0.2) is 0 Å². The van der Waals surface area contributed by atoms with Crippen LogP contribution >= 0.6 is 0 Å². The number of unbranched alkanes of at least 4 members (excludes halogenated alkanes) is 2. The van der Waals surface area contributed by atoms with Gasteiger partial charge in [-0.15, -0.1) is 0 Å². The van der Waals surface area contributed by atoms with Crippen molar-refractivity contribution in [3.8, 4) is 6.07 Å². The summed E-state index contributed by atoms with van der Waals surface area (Å²) in [6.45, 7) is 3.92. The lowest BCUT2D eigenvalue weighted by atomic mass is 10.0. The van der Waals surface area contributed by atoms with Crippen LogP contribution in [0.5, 0.6) is 0 Å². The van der Waals surface area contributed by atoms with E-state index in [0.717, 1.165) is 31.3 Å². The molecule has 0 radical (unpaired) electrons. The number of aliphatic hydroxyl groups excluding tert-OH is 1. The molecule has 0 aliphatic rings. The molecule has 0 aliphatic heterocycles. The van der Waals surface area contributed by atoms with Gasteiger partial charge in [0.05, 0.1) is 12.2 Å². The lowest BCUT2D eigenvalue weighted by Gasteiger charge is -2.08. The molecule has 0 spiro atoms. The van der Waals surface area contributed by atoms with E-state index in [1.807, 2.05) is 6.07 Å². The van der Waals surface area contributed by atoms with Gasteiger partial charge in [-0.3, -0.25) is 0 Å². The summed E-state index contributed by atoms with van der Waals surface area (Å²) in [4.78, 5) is 0. The first-order valence-electron chi connectivity index (χ1n) is 4.46. The Hall–Kier alpha value is -0.810. The van der Waals surface area contributed by atoms with Crippen molar-refractivity contribution in [2.24, 2.45) is 0 Å². The molecule has 2 heteroatoms. The molecule has 0 heterocycles. The van der Waals surface area contributed by atoms with Gasteiger partial charge in [0.25, 0.3) is 0 Å². The molecule has 0 saturated carbocycles. The zero-order chi connectivity index (χ0) is 9.40. The fraction of sp³-hybridized carbons (Fsp3) is 0.700. The molecule has 0 aromatic rings. The van der Waals surface area contributed by atoms with E-state index < -0.39 is 6.10 Å². The molecule has 1 atom stereocenters. The summed E-state index contributed by atoms with van der Waals surface area (Å²) in [5.41, 5.74) is 0.772. The van der Waals surface area contributed by atoms with Crippen molar-refractivity contribution in [3.63, 3.8) is 0 Å². The molecule has 0 rings (SSSR count). The first kappa shape index (κ1) is 11.2. The van der Waals surface area contributed by atoms with E-state index in [1.54, 1.807) is 6.92 Å². The van der Waals surface area contributed by atoms with Gasteiger partial charge in [-0.2, -0.15) is 5.26 Å². The van der Waals surface area contributed by atoms with Gasteiger partial charge < -0.3 is 5.11 Å². The molecule has 1 N–H and O–H groups in total. The van der Waals surface area contributed by atoms with Crippen LogP contribution < -0.4 is 0 Å². The van der Waals surface area contributed by atoms with Gasteiger partial charge in [0.1, 0.15) is 0 Å². The van der Waals surface area contributed by atoms with Crippen molar-refractivity contribution in [1.29, 1.82) is 5.26 Å². The Morgan fingerprint density at radius 2 is 2.25 bits per heavy atom. The van der Waals surface area contributed by atoms with Gasteiger partial charge >= 0.3 is 0 Å². The monoisotopic (exact) mass is 167 g/mol. The van der Waals surface area contributed by atoms with Crippen LogP contribution in [0.1, 0.15) is 39.5 Å². The topological polar surface area (TPSA) is 44.0 Å². The number of nitrogens with zero attached hydrogens (tertiary/aromatic N) is 1. The average Bonchev–Trinajstić information content (AvgIpc) is 2.05. The first-order chi connectivity index (χ1) is 5.72. The number of rotatable bonds is 5. The second kappa shape index (κ2) is 6.87. The van der Waals surface area contributed by atoms with E-state index in [0.29, 0.717) is 0 Å². The Morgan fingerprint density at radius 3 is 2.75 bits per heavy atom. The number of allylic oxidation sites excluding steroid dienone is 1. The zero-order valence-electron chi connectivity index (χ0n) is 7.88. The van der Waals surface area contributed by atoms with Gasteiger partial charge in [-0.05, 0) is 18.9 Å². The highest BCUT2D eigenvalue weighted by Crippen LogP contribution is 2.10. The Balaban J connectivity index is 3.65. The third kappa shape index (κ3) is 4.92. The minimum atomic E-state index is -0.420. The molecule has 68 valence electrons. The Bertz CT molecular complexity index is 179. The van der Waals surface area contributed by atoms with E-state index in [1.165, 1.54) is 6.08 Å². The molecule has 0 aromatic carbocycles. The summed E-state index contributed by atoms with van der Waals surface area (Å²) in [6.07, 6.45) is 5.11. The summed E-state index contributed by atoms with van der Waals surface area (Å²) in [6, 6.07) is 1.92. The maximum Gasteiger partial charge on any atom is 0.0912 e. The van der Waals surface area contributed by atoms with E-state index in [9.17, 15) is 5.11 Å². The highest BCUT2D eigenvalue weighted by Gasteiger charge is 2.04. The molecular formula is C10H17NO. The van der Waals surface area contributed by atoms with Crippen molar-refractivity contribution >= 4 is 0 Å². The van der Waals surface area contributed by atoms with Gasteiger partial charge in [0, 0.05) is 6.08 Å². The molecule has 2 nitrogen and oxygen atoms in total. The van der Waals surface area contributed by atoms with Crippen LogP contribution in [0, 0.1) is 11.3 Å². The summed E-state index contributed by atoms with van der Waals surface area (Å²) < 4.78 is 0. The van der Waals surface area contributed by atoms with E-state index >= 15 is 0 Å². The first-order valence-corrected chi connectivity index (χ1v) is 4.46. The van der Waals surface area contributed by atoms with Crippen molar-refractivity contribution in [1.82, 2.24) is 0 Å². The highest BCUT2D eigenvalue weighted by atomic mass is 16.3. The predicted molar refractivity (Wildman–Crippen MR) is 49.5 cm³/mol.